The van der Waals surface area contributed by atoms with Crippen molar-refractivity contribution in [2.24, 2.45) is 0 Å². The Kier molecular flexibility index (Phi) is 25.6. The molecule has 0 bridgehead atoms. The van der Waals surface area contributed by atoms with Crippen LogP contribution < -0.4 is 44.6 Å². The molecular weight excluding hydrogens is 130 g/mol. The molecule has 0 aliphatic heterocycles. The van der Waals surface area contributed by atoms with Gasteiger partial charge in [0.2, 0.25) is 0 Å². The van der Waals surface area contributed by atoms with Crippen molar-refractivity contribution in [2.45, 2.75) is 0 Å². The fraction of sp³-hybridized carbons (Fsp3) is 0. The number of rotatable bonds is 0. The molecule has 6 heteroatoms. The molecule has 0 amide bonds. The van der Waals surface area contributed by atoms with Crippen LogP contribution in [-0.4, -0.2) is 7.32 Å². The van der Waals surface area contributed by atoms with Crippen molar-refractivity contribution in [2.75, 3.05) is 0 Å². The first-order valence-corrected chi connectivity index (χ1v) is 0.707. The van der Waals surface area contributed by atoms with Crippen LogP contribution in [0.4, 0.5) is 0 Å². The van der Waals surface area contributed by atoms with Gasteiger partial charge in [0, 0.05) is 0 Å². The van der Waals surface area contributed by atoms with E-state index < -0.39 is 7.32 Å². The van der Waals surface area contributed by atoms with Gasteiger partial charge in [-0.15, -0.1) is 0 Å². The molecule has 0 saturated carbocycles. The van der Waals surface area contributed by atoms with Crippen LogP contribution in [0.5, 0.6) is 0 Å². The zero-order chi connectivity index (χ0) is 3.58. The van der Waals surface area contributed by atoms with Crippen molar-refractivity contribution in [3.05, 3.63) is 0 Å². The van der Waals surface area contributed by atoms with E-state index in [9.17, 15) is 0 Å². The summed E-state index contributed by atoms with van der Waals surface area (Å²) in [4.78, 5) is 0. The molecule has 0 rings (SSSR count). The topological polar surface area (TPSA) is 69.2 Å². The monoisotopic (exact) mass is 130 g/mol. The van der Waals surface area contributed by atoms with Crippen LogP contribution in [-0.2, 0) is 21.7 Å². The summed E-state index contributed by atoms with van der Waals surface area (Å²) in [5.41, 5.74) is 0. The third-order valence-electron chi connectivity index (χ3n) is 0. The van der Waals surface area contributed by atoms with Crippen LogP contribution in [0.3, 0.4) is 0 Å². The van der Waals surface area contributed by atoms with E-state index >= 15 is 0 Å². The molecule has 0 aromatic carbocycles. The Labute approximate surface area is 73.1 Å². The minimum atomic E-state index is -2.92. The Morgan fingerprint density at radius 2 is 1.00 bits per heavy atom. The molecule has 0 radical (unpaired) electrons. The van der Waals surface area contributed by atoms with Crippen LogP contribution >= 0.6 is 0 Å². The maximum absolute atomic E-state index is 8.42. The molecule has 0 atom stereocenters. The van der Waals surface area contributed by atoms with Crippen LogP contribution in [0, 0.1) is 0 Å². The van der Waals surface area contributed by atoms with Gasteiger partial charge in [-0.05, 0) is 0 Å². The van der Waals surface area contributed by atoms with Crippen LogP contribution in [0.2, 0.25) is 0 Å². The molecule has 0 aromatic heterocycles. The quantitative estimate of drug-likeness (QED) is 0.306. The summed E-state index contributed by atoms with van der Waals surface area (Å²) in [7, 11) is -2.92. The smallest absolute Gasteiger partial charge is 0.907 e. The van der Waals surface area contributed by atoms with Gasteiger partial charge in [0.25, 0.3) is 0 Å². The molecular formula is BNaO3Ti+2. The average Bonchev–Trinajstić information content (AvgIpc) is 0.811. The second-order valence-corrected chi connectivity index (χ2v) is 0.289. The second kappa shape index (κ2) is 9.82. The van der Waals surface area contributed by atoms with Crippen LogP contribution in [0.15, 0.2) is 0 Å². The molecule has 0 unspecified atom stereocenters. The predicted octanol–water partition coefficient (Wildman–Crippen LogP) is -6.95. The Morgan fingerprint density at radius 1 is 1.00 bits per heavy atom. The average molecular weight is 130 g/mol. The van der Waals surface area contributed by atoms with E-state index in [0.29, 0.717) is 0 Å². The van der Waals surface area contributed by atoms with Crippen molar-refractivity contribution in [1.82, 2.24) is 0 Å². The van der Waals surface area contributed by atoms with E-state index in [4.69, 9.17) is 15.1 Å². The summed E-state index contributed by atoms with van der Waals surface area (Å²) in [6.45, 7) is 0. The van der Waals surface area contributed by atoms with Crippen molar-refractivity contribution < 1.29 is 66.3 Å². The number of hydrogen-bond acceptors (Lipinski definition) is 3. The first-order chi connectivity index (χ1) is 1.73. The normalized spacial score (nSPS) is 4.50. The van der Waals surface area contributed by atoms with Crippen molar-refractivity contribution in [3.8, 4) is 0 Å². The Balaban J connectivity index is -0.0000000450. The van der Waals surface area contributed by atoms with Crippen molar-refractivity contribution in [1.29, 1.82) is 0 Å². The standard InChI is InChI=1S/BO3.Na.Ti/c2-1(3)4;;/q-3;+1;+4. The molecule has 0 heterocycles. The minimum Gasteiger partial charge on any atom is -0.907 e. The molecule has 0 N–H and O–H groups in total. The summed E-state index contributed by atoms with van der Waals surface area (Å²) < 4.78 is 0. The first kappa shape index (κ1) is 15.6. The van der Waals surface area contributed by atoms with Gasteiger partial charge < -0.3 is 15.1 Å². The molecule has 6 heavy (non-hydrogen) atoms. The molecule has 0 fully saturated rings. The summed E-state index contributed by atoms with van der Waals surface area (Å²) in [5, 5.41) is 25.2. The number of hydrogen-bond donors (Lipinski definition) is 0. The second-order valence-electron chi connectivity index (χ2n) is 0.289. The van der Waals surface area contributed by atoms with Gasteiger partial charge >= 0.3 is 51.3 Å². The van der Waals surface area contributed by atoms with Gasteiger partial charge in [0.05, 0.1) is 0 Å². The molecule has 3 nitrogen and oxygen atoms in total. The molecule has 0 aliphatic carbocycles. The van der Waals surface area contributed by atoms with E-state index in [0.717, 1.165) is 0 Å². The molecule has 0 saturated heterocycles. The van der Waals surface area contributed by atoms with Gasteiger partial charge in [0.15, 0.2) is 0 Å². The predicted molar refractivity (Wildman–Crippen MR) is 5.75 cm³/mol. The third-order valence-corrected chi connectivity index (χ3v) is 0. The summed E-state index contributed by atoms with van der Waals surface area (Å²) in [6, 6.07) is 0. The van der Waals surface area contributed by atoms with E-state index in [1.165, 1.54) is 0 Å². The van der Waals surface area contributed by atoms with E-state index in [-0.39, 0.29) is 51.3 Å². The Morgan fingerprint density at radius 3 is 1.00 bits per heavy atom. The zero-order valence-corrected chi connectivity index (χ0v) is 6.86. The minimum absolute atomic E-state index is 0. The molecule has 0 spiro atoms. The van der Waals surface area contributed by atoms with Crippen LogP contribution in [0.1, 0.15) is 0 Å². The van der Waals surface area contributed by atoms with Gasteiger partial charge in [-0.1, -0.05) is 0 Å². The maximum atomic E-state index is 8.42. The third kappa shape index (κ3) is 44.6. The van der Waals surface area contributed by atoms with E-state index in [1.54, 1.807) is 0 Å². The molecule has 24 valence electrons. The maximum Gasteiger partial charge on any atom is 4.00 e. The summed E-state index contributed by atoms with van der Waals surface area (Å²) in [6.07, 6.45) is 0. The van der Waals surface area contributed by atoms with Gasteiger partial charge in [-0.3, -0.25) is 7.32 Å². The summed E-state index contributed by atoms with van der Waals surface area (Å²) in [5.74, 6) is 0. The van der Waals surface area contributed by atoms with Gasteiger partial charge in [-0.2, -0.15) is 0 Å². The first-order valence-electron chi connectivity index (χ1n) is 0.707. The van der Waals surface area contributed by atoms with Gasteiger partial charge in [-0.25, -0.2) is 0 Å². The Hall–Kier alpha value is 1.66. The fourth-order valence-electron chi connectivity index (χ4n) is 0. The van der Waals surface area contributed by atoms with Crippen LogP contribution in [0.25, 0.3) is 0 Å². The van der Waals surface area contributed by atoms with E-state index in [2.05, 4.69) is 0 Å². The van der Waals surface area contributed by atoms with Gasteiger partial charge in [0.1, 0.15) is 0 Å². The van der Waals surface area contributed by atoms with E-state index in [1.807, 2.05) is 0 Å². The van der Waals surface area contributed by atoms with Crippen molar-refractivity contribution >= 4 is 7.32 Å². The molecule has 0 aromatic rings. The molecule has 0 aliphatic rings. The summed E-state index contributed by atoms with van der Waals surface area (Å²) >= 11 is 0. The zero-order valence-electron chi connectivity index (χ0n) is 3.30. The largest absolute Gasteiger partial charge is 4.00 e. The fourth-order valence-corrected chi connectivity index (χ4v) is 0. The Bertz CT molecular complexity index is 15.5. The van der Waals surface area contributed by atoms with Crippen molar-refractivity contribution in [3.63, 3.8) is 0 Å². The SMILES string of the molecule is [Na+].[O-]B([O-])[O-].[Ti+4].